The van der Waals surface area contributed by atoms with Crippen molar-refractivity contribution in [2.24, 2.45) is 0 Å². The molecule has 1 saturated heterocycles. The highest BCUT2D eigenvalue weighted by Gasteiger charge is 2.26. The first kappa shape index (κ1) is 20.6. The van der Waals surface area contributed by atoms with Crippen molar-refractivity contribution < 1.29 is 9.26 Å². The van der Waals surface area contributed by atoms with Gasteiger partial charge in [0.05, 0.1) is 11.6 Å². The summed E-state index contributed by atoms with van der Waals surface area (Å²) < 4.78 is 11.5. The van der Waals surface area contributed by atoms with Crippen molar-refractivity contribution in [2.45, 2.75) is 12.6 Å². The number of likely N-dealkylation sites (N-methyl/N-ethyl adjacent to an activating group) is 1. The van der Waals surface area contributed by atoms with Gasteiger partial charge in [0.15, 0.2) is 5.82 Å². The van der Waals surface area contributed by atoms with Gasteiger partial charge in [-0.2, -0.15) is 4.98 Å². The Morgan fingerprint density at radius 2 is 2.00 bits per heavy atom. The summed E-state index contributed by atoms with van der Waals surface area (Å²) in [6, 6.07) is 15.4. The van der Waals surface area contributed by atoms with Gasteiger partial charge >= 0.3 is 0 Å². The number of hydrogen-bond donors (Lipinski definition) is 1. The monoisotopic (exact) mass is 420 g/mol. The van der Waals surface area contributed by atoms with Crippen molar-refractivity contribution in [1.82, 2.24) is 20.4 Å². The highest BCUT2D eigenvalue weighted by molar-refractivity contribution is 6.30. The molecule has 0 aliphatic carbocycles. The zero-order chi connectivity index (χ0) is 18.6. The van der Waals surface area contributed by atoms with Gasteiger partial charge in [0.2, 0.25) is 0 Å². The molecular weight excluding hydrogens is 399 g/mol. The quantitative estimate of drug-likeness (QED) is 0.673. The van der Waals surface area contributed by atoms with Gasteiger partial charge in [-0.15, -0.1) is 12.4 Å². The zero-order valence-electron chi connectivity index (χ0n) is 15.5. The molecule has 0 spiro atoms. The highest BCUT2D eigenvalue weighted by atomic mass is 35.5. The lowest BCUT2D eigenvalue weighted by molar-refractivity contribution is 0.190. The Balaban J connectivity index is 0.00000225. The molecule has 2 aromatic carbocycles. The first-order valence-electron chi connectivity index (χ1n) is 8.92. The third-order valence-electron chi connectivity index (χ3n) is 4.68. The van der Waals surface area contributed by atoms with Crippen molar-refractivity contribution in [3.63, 3.8) is 0 Å². The summed E-state index contributed by atoms with van der Waals surface area (Å²) >= 11 is 5.93. The van der Waals surface area contributed by atoms with Gasteiger partial charge in [0.1, 0.15) is 12.4 Å². The zero-order valence-corrected chi connectivity index (χ0v) is 17.0. The van der Waals surface area contributed by atoms with Gasteiger partial charge in [-0.3, -0.25) is 4.90 Å². The van der Waals surface area contributed by atoms with Gasteiger partial charge in [0.25, 0.3) is 5.89 Å². The fourth-order valence-corrected chi connectivity index (χ4v) is 3.21. The fraction of sp³-hybridized carbons (Fsp3) is 0.300. The third kappa shape index (κ3) is 4.64. The summed E-state index contributed by atoms with van der Waals surface area (Å²) in [7, 11) is 2.07. The number of ether oxygens (including phenoxy) is 1. The van der Waals surface area contributed by atoms with Gasteiger partial charge < -0.3 is 14.6 Å². The standard InChI is InChI=1S/C20H21ClN4O2.ClH/c1-25-11-10-22-12-17(25)19-23-20(27-24-19)16-4-2-3-5-18(16)26-13-14-6-8-15(21)9-7-14;/h2-9,17,22H,10-13H2,1H3;1H. The average molecular weight is 421 g/mol. The van der Waals surface area contributed by atoms with Gasteiger partial charge in [-0.1, -0.05) is 41.0 Å². The summed E-state index contributed by atoms with van der Waals surface area (Å²) in [6.45, 7) is 3.17. The highest BCUT2D eigenvalue weighted by Crippen LogP contribution is 2.30. The van der Waals surface area contributed by atoms with Crippen LogP contribution in [0.1, 0.15) is 17.4 Å². The van der Waals surface area contributed by atoms with E-state index in [1.807, 2.05) is 48.5 Å². The van der Waals surface area contributed by atoms with E-state index in [9.17, 15) is 0 Å². The van der Waals surface area contributed by atoms with Crippen LogP contribution in [-0.4, -0.2) is 41.7 Å². The first-order valence-corrected chi connectivity index (χ1v) is 9.30. The Hall–Kier alpha value is -2.12. The molecule has 4 rings (SSSR count). The van der Waals surface area contributed by atoms with Crippen LogP contribution >= 0.6 is 24.0 Å². The first-order chi connectivity index (χ1) is 13.2. The lowest BCUT2D eigenvalue weighted by Crippen LogP contribution is -2.44. The van der Waals surface area contributed by atoms with Gasteiger partial charge in [-0.25, -0.2) is 0 Å². The molecule has 6 nitrogen and oxygen atoms in total. The van der Waals surface area contributed by atoms with Crippen LogP contribution in [-0.2, 0) is 6.61 Å². The molecule has 0 amide bonds. The van der Waals surface area contributed by atoms with E-state index in [4.69, 9.17) is 20.9 Å². The predicted octanol–water partition coefficient (Wildman–Crippen LogP) is 3.97. The van der Waals surface area contributed by atoms with Crippen LogP contribution < -0.4 is 10.1 Å². The van der Waals surface area contributed by atoms with Crippen LogP contribution in [0, 0.1) is 0 Å². The molecule has 1 aromatic heterocycles. The molecule has 2 heterocycles. The maximum Gasteiger partial charge on any atom is 0.261 e. The smallest absolute Gasteiger partial charge is 0.261 e. The maximum absolute atomic E-state index is 6.00. The van der Waals surface area contributed by atoms with Gasteiger partial charge in [0, 0.05) is 24.7 Å². The number of piperazine rings is 1. The van der Waals surface area contributed by atoms with Crippen LogP contribution in [0.5, 0.6) is 5.75 Å². The molecule has 1 fully saturated rings. The van der Waals surface area contributed by atoms with Crippen molar-refractivity contribution in [2.75, 3.05) is 26.7 Å². The van der Waals surface area contributed by atoms with Gasteiger partial charge in [-0.05, 0) is 36.9 Å². The minimum Gasteiger partial charge on any atom is -0.488 e. The number of aromatic nitrogens is 2. The summed E-state index contributed by atoms with van der Waals surface area (Å²) in [5.41, 5.74) is 1.83. The number of nitrogens with one attached hydrogen (secondary N) is 1. The van der Waals surface area contributed by atoms with E-state index in [0.717, 1.165) is 30.8 Å². The molecule has 0 saturated carbocycles. The van der Waals surface area contributed by atoms with Crippen LogP contribution in [0.15, 0.2) is 53.1 Å². The molecule has 1 unspecified atom stereocenters. The summed E-state index contributed by atoms with van der Waals surface area (Å²) in [5, 5.41) is 8.27. The second-order valence-corrected chi connectivity index (χ2v) is 7.01. The van der Waals surface area contributed by atoms with E-state index in [2.05, 4.69) is 27.4 Å². The largest absolute Gasteiger partial charge is 0.488 e. The van der Waals surface area contributed by atoms with Crippen LogP contribution in [0.2, 0.25) is 5.02 Å². The minimum absolute atomic E-state index is 0. The van der Waals surface area contributed by atoms with Crippen molar-refractivity contribution in [1.29, 1.82) is 0 Å². The number of halogens is 2. The number of hydrogen-bond acceptors (Lipinski definition) is 6. The third-order valence-corrected chi connectivity index (χ3v) is 4.93. The molecule has 148 valence electrons. The Kier molecular flexibility index (Phi) is 6.91. The van der Waals surface area contributed by atoms with Crippen molar-refractivity contribution in [3.8, 4) is 17.2 Å². The average Bonchev–Trinajstić information content (AvgIpc) is 3.18. The number of benzene rings is 2. The molecule has 0 bridgehead atoms. The summed E-state index contributed by atoms with van der Waals surface area (Å²) in [4.78, 5) is 6.86. The van der Waals surface area contributed by atoms with E-state index in [1.165, 1.54) is 0 Å². The Morgan fingerprint density at radius 1 is 1.21 bits per heavy atom. The number of para-hydroxylation sites is 1. The second-order valence-electron chi connectivity index (χ2n) is 6.57. The SMILES string of the molecule is CN1CCNCC1c1noc(-c2ccccc2OCc2ccc(Cl)cc2)n1.Cl. The van der Waals surface area contributed by atoms with E-state index in [0.29, 0.717) is 29.1 Å². The molecule has 8 heteroatoms. The van der Waals surface area contributed by atoms with Crippen molar-refractivity contribution in [3.05, 3.63) is 64.9 Å². The normalized spacial score (nSPS) is 17.1. The van der Waals surface area contributed by atoms with E-state index in [1.54, 1.807) is 0 Å². The second kappa shape index (κ2) is 9.39. The molecule has 1 atom stereocenters. The fourth-order valence-electron chi connectivity index (χ4n) is 3.08. The summed E-state index contributed by atoms with van der Waals surface area (Å²) in [6.07, 6.45) is 0. The molecule has 3 aromatic rings. The molecule has 1 N–H and O–H groups in total. The van der Waals surface area contributed by atoms with E-state index in [-0.39, 0.29) is 18.4 Å². The molecule has 1 aliphatic heterocycles. The Labute approximate surface area is 175 Å². The van der Waals surface area contributed by atoms with Crippen molar-refractivity contribution >= 4 is 24.0 Å². The van der Waals surface area contributed by atoms with Crippen LogP contribution in [0.25, 0.3) is 11.5 Å². The molecule has 1 aliphatic rings. The van der Waals surface area contributed by atoms with E-state index >= 15 is 0 Å². The Morgan fingerprint density at radius 3 is 2.79 bits per heavy atom. The number of nitrogens with zero attached hydrogens (tertiary/aromatic N) is 3. The van der Waals surface area contributed by atoms with E-state index < -0.39 is 0 Å². The summed E-state index contributed by atoms with van der Waals surface area (Å²) in [5.74, 6) is 1.86. The lowest BCUT2D eigenvalue weighted by Gasteiger charge is -2.30. The lowest BCUT2D eigenvalue weighted by atomic mass is 10.2. The maximum atomic E-state index is 6.00. The predicted molar refractivity (Wildman–Crippen MR) is 111 cm³/mol. The molecule has 0 radical (unpaired) electrons. The van der Waals surface area contributed by atoms with Crippen LogP contribution in [0.4, 0.5) is 0 Å². The topological polar surface area (TPSA) is 63.4 Å². The minimum atomic E-state index is 0. The molecular formula is C20H22Cl2N4O2. The molecule has 28 heavy (non-hydrogen) atoms. The van der Waals surface area contributed by atoms with Crippen LogP contribution in [0.3, 0.4) is 0 Å². The number of rotatable bonds is 5. The Bertz CT molecular complexity index is 901.